The number of nitrogens with zero attached hydrogens (tertiary/aromatic N) is 3. The van der Waals surface area contributed by atoms with Crippen LogP contribution in [0.5, 0.6) is 0 Å². The first-order chi connectivity index (χ1) is 12.3. The van der Waals surface area contributed by atoms with Crippen LogP contribution >= 0.6 is 23.1 Å². The van der Waals surface area contributed by atoms with Gasteiger partial charge in [-0.2, -0.15) is 0 Å². The van der Waals surface area contributed by atoms with Crippen LogP contribution in [-0.4, -0.2) is 15.2 Å². The molecule has 0 fully saturated rings. The lowest BCUT2D eigenvalue weighted by molar-refractivity contribution is 0.509. The Labute approximate surface area is 154 Å². The Bertz CT molecular complexity index is 951. The Morgan fingerprint density at radius 1 is 0.920 bits per heavy atom. The molecule has 0 radical (unpaired) electrons. The number of hydrogen-bond acceptors (Lipinski definition) is 6. The van der Waals surface area contributed by atoms with E-state index in [0.717, 1.165) is 21.2 Å². The van der Waals surface area contributed by atoms with Crippen LogP contribution in [0, 0.1) is 0 Å². The smallest absolute Gasteiger partial charge is 0.247 e. The molecule has 124 valence electrons. The van der Waals surface area contributed by atoms with Crippen molar-refractivity contribution in [2.24, 2.45) is 0 Å². The number of benzene rings is 2. The maximum atomic E-state index is 5.83. The van der Waals surface area contributed by atoms with Gasteiger partial charge in [0.2, 0.25) is 11.8 Å². The second-order valence-corrected chi connectivity index (χ2v) is 7.88. The zero-order valence-electron chi connectivity index (χ0n) is 13.5. The molecule has 0 bridgehead atoms. The highest BCUT2D eigenvalue weighted by molar-refractivity contribution is 8.01. The summed E-state index contributed by atoms with van der Waals surface area (Å²) in [5.74, 6) is 1.16. The molecule has 0 N–H and O–H groups in total. The van der Waals surface area contributed by atoms with Crippen molar-refractivity contribution in [3.63, 3.8) is 0 Å². The minimum absolute atomic E-state index is 0.0414. The third-order valence-electron chi connectivity index (χ3n) is 3.64. The van der Waals surface area contributed by atoms with E-state index in [1.807, 2.05) is 48.5 Å². The van der Waals surface area contributed by atoms with E-state index in [-0.39, 0.29) is 5.25 Å². The summed E-state index contributed by atoms with van der Waals surface area (Å²) in [5.41, 5.74) is 3.05. The van der Waals surface area contributed by atoms with Crippen LogP contribution in [0.3, 0.4) is 0 Å². The molecule has 0 spiro atoms. The van der Waals surface area contributed by atoms with Gasteiger partial charge in [-0.25, -0.2) is 4.98 Å². The Balaban J connectivity index is 1.49. The molecule has 0 saturated carbocycles. The van der Waals surface area contributed by atoms with E-state index in [1.165, 1.54) is 0 Å². The number of hydrogen-bond donors (Lipinski definition) is 0. The fourth-order valence-corrected chi connectivity index (χ4v) is 4.35. The van der Waals surface area contributed by atoms with E-state index >= 15 is 0 Å². The van der Waals surface area contributed by atoms with E-state index in [1.54, 1.807) is 23.1 Å². The summed E-state index contributed by atoms with van der Waals surface area (Å²) >= 11 is 3.26. The standard InChI is InChI=1S/C19H15N3OS2/c1-13(17-21-22-18(23-17)15-10-6-3-7-11-15)25-19-20-16(12-24-19)14-8-4-2-5-9-14/h2-13H,1H3. The van der Waals surface area contributed by atoms with Crippen molar-refractivity contribution in [3.8, 4) is 22.7 Å². The van der Waals surface area contributed by atoms with E-state index in [0.29, 0.717) is 11.8 Å². The van der Waals surface area contributed by atoms with Crippen LogP contribution in [-0.2, 0) is 0 Å². The summed E-state index contributed by atoms with van der Waals surface area (Å²) in [4.78, 5) is 4.70. The van der Waals surface area contributed by atoms with Crippen molar-refractivity contribution in [3.05, 3.63) is 71.9 Å². The number of thiazole rings is 1. The lowest BCUT2D eigenvalue weighted by Gasteiger charge is -2.03. The van der Waals surface area contributed by atoms with Gasteiger partial charge in [0.15, 0.2) is 4.34 Å². The van der Waals surface area contributed by atoms with Crippen molar-refractivity contribution in [2.45, 2.75) is 16.5 Å². The maximum Gasteiger partial charge on any atom is 0.247 e. The normalized spacial score (nSPS) is 12.2. The molecule has 4 rings (SSSR count). The van der Waals surface area contributed by atoms with Crippen LogP contribution in [0.1, 0.15) is 18.1 Å². The van der Waals surface area contributed by atoms with Gasteiger partial charge in [-0.15, -0.1) is 21.5 Å². The van der Waals surface area contributed by atoms with Gasteiger partial charge >= 0.3 is 0 Å². The van der Waals surface area contributed by atoms with Gasteiger partial charge in [-0.05, 0) is 19.1 Å². The molecule has 0 aliphatic rings. The highest BCUT2D eigenvalue weighted by Crippen LogP contribution is 2.38. The van der Waals surface area contributed by atoms with Crippen molar-refractivity contribution in [1.29, 1.82) is 0 Å². The molecule has 1 unspecified atom stereocenters. The molecular formula is C19H15N3OS2. The molecule has 1 atom stereocenters. The van der Waals surface area contributed by atoms with E-state index in [4.69, 9.17) is 9.40 Å². The van der Waals surface area contributed by atoms with Gasteiger partial charge < -0.3 is 4.42 Å². The predicted octanol–water partition coefficient (Wildman–Crippen LogP) is 5.71. The topological polar surface area (TPSA) is 51.8 Å². The zero-order chi connectivity index (χ0) is 17.1. The first-order valence-electron chi connectivity index (χ1n) is 7.86. The van der Waals surface area contributed by atoms with E-state index in [9.17, 15) is 0 Å². The largest absolute Gasteiger partial charge is 0.419 e. The third kappa shape index (κ3) is 3.65. The average molecular weight is 365 g/mol. The molecule has 6 heteroatoms. The first-order valence-corrected chi connectivity index (χ1v) is 9.62. The second-order valence-electron chi connectivity index (χ2n) is 5.44. The summed E-state index contributed by atoms with van der Waals surface area (Å²) in [6.45, 7) is 2.05. The quantitative estimate of drug-likeness (QED) is 0.424. The molecule has 2 aromatic carbocycles. The zero-order valence-corrected chi connectivity index (χ0v) is 15.1. The Morgan fingerprint density at radius 3 is 2.32 bits per heavy atom. The molecular weight excluding hydrogens is 350 g/mol. The predicted molar refractivity (Wildman–Crippen MR) is 102 cm³/mol. The molecule has 2 heterocycles. The fourth-order valence-electron chi connectivity index (χ4n) is 2.35. The molecule has 4 aromatic rings. The minimum Gasteiger partial charge on any atom is -0.419 e. The maximum absolute atomic E-state index is 5.83. The summed E-state index contributed by atoms with van der Waals surface area (Å²) in [6.07, 6.45) is 0. The highest BCUT2D eigenvalue weighted by Gasteiger charge is 2.18. The van der Waals surface area contributed by atoms with Crippen molar-refractivity contribution >= 4 is 23.1 Å². The second kappa shape index (κ2) is 7.21. The molecule has 4 nitrogen and oxygen atoms in total. The summed E-state index contributed by atoms with van der Waals surface area (Å²) in [6, 6.07) is 20.0. The van der Waals surface area contributed by atoms with Gasteiger partial charge in [0.05, 0.1) is 10.9 Å². The molecule has 25 heavy (non-hydrogen) atoms. The number of thioether (sulfide) groups is 1. The van der Waals surface area contributed by atoms with Gasteiger partial charge in [-0.3, -0.25) is 0 Å². The van der Waals surface area contributed by atoms with Crippen LogP contribution in [0.4, 0.5) is 0 Å². The number of aromatic nitrogens is 3. The molecule has 0 saturated heterocycles. The monoisotopic (exact) mass is 365 g/mol. The minimum atomic E-state index is 0.0414. The van der Waals surface area contributed by atoms with Crippen LogP contribution in [0.2, 0.25) is 0 Å². The molecule has 0 aliphatic heterocycles. The van der Waals surface area contributed by atoms with Crippen molar-refractivity contribution in [2.75, 3.05) is 0 Å². The summed E-state index contributed by atoms with van der Waals surface area (Å²) in [5, 5.41) is 10.5. The third-order valence-corrected chi connectivity index (χ3v) is 5.70. The molecule has 0 amide bonds. The number of rotatable bonds is 5. The van der Waals surface area contributed by atoms with Crippen molar-refractivity contribution < 1.29 is 4.42 Å². The van der Waals surface area contributed by atoms with Crippen molar-refractivity contribution in [1.82, 2.24) is 15.2 Å². The van der Waals surface area contributed by atoms with Gasteiger partial charge in [0.25, 0.3) is 0 Å². The van der Waals surface area contributed by atoms with Gasteiger partial charge in [0.1, 0.15) is 0 Å². The van der Waals surface area contributed by atoms with E-state index < -0.39 is 0 Å². The first kappa shape index (κ1) is 16.1. The molecule has 0 aliphatic carbocycles. The van der Waals surface area contributed by atoms with Crippen LogP contribution in [0.25, 0.3) is 22.7 Å². The van der Waals surface area contributed by atoms with Crippen LogP contribution in [0.15, 0.2) is 74.8 Å². The Hall–Kier alpha value is -2.44. The Morgan fingerprint density at radius 2 is 1.60 bits per heavy atom. The summed E-state index contributed by atoms with van der Waals surface area (Å²) in [7, 11) is 0. The Kier molecular flexibility index (Phi) is 4.63. The summed E-state index contributed by atoms with van der Waals surface area (Å²) < 4.78 is 6.82. The fraction of sp³-hybridized carbons (Fsp3) is 0.105. The SMILES string of the molecule is CC(Sc1nc(-c2ccccc2)cs1)c1nnc(-c2ccccc2)o1. The van der Waals surface area contributed by atoms with E-state index in [2.05, 4.69) is 34.6 Å². The average Bonchev–Trinajstić information content (AvgIpc) is 3.33. The lowest BCUT2D eigenvalue weighted by atomic mass is 10.2. The lowest BCUT2D eigenvalue weighted by Crippen LogP contribution is -1.88. The van der Waals surface area contributed by atoms with Crippen LogP contribution < -0.4 is 0 Å². The van der Waals surface area contributed by atoms with Gasteiger partial charge in [-0.1, -0.05) is 60.3 Å². The molecule has 2 aromatic heterocycles. The highest BCUT2D eigenvalue weighted by atomic mass is 32.2. The van der Waals surface area contributed by atoms with Gasteiger partial charge in [0, 0.05) is 16.5 Å².